The molecule has 0 spiro atoms. The molecule has 0 aliphatic carbocycles. The molecule has 0 atom stereocenters. The van der Waals surface area contributed by atoms with Crippen LogP contribution in [0.2, 0.25) is 0 Å². The van der Waals surface area contributed by atoms with Crippen LogP contribution in [0, 0.1) is 0 Å². The number of methoxy groups -OCH3 is 1. The summed E-state index contributed by atoms with van der Waals surface area (Å²) in [5.74, 6) is 1.31. The monoisotopic (exact) mass is 501 g/mol. The highest BCUT2D eigenvalue weighted by molar-refractivity contribution is 5.81. The van der Waals surface area contributed by atoms with Gasteiger partial charge in [0.15, 0.2) is 0 Å². The van der Waals surface area contributed by atoms with Crippen LogP contribution in [-0.4, -0.2) is 41.2 Å². The smallest absolute Gasteiger partial charge is 0.416 e. The molecule has 2 heterocycles. The number of nitrogens with one attached hydrogen (secondary N) is 2. The van der Waals surface area contributed by atoms with E-state index in [0.29, 0.717) is 25.4 Å². The van der Waals surface area contributed by atoms with Gasteiger partial charge in [0.1, 0.15) is 12.1 Å². The Hall–Kier alpha value is -3.96. The van der Waals surface area contributed by atoms with Gasteiger partial charge in [-0.1, -0.05) is 6.07 Å². The Bertz CT molecular complexity index is 1280. The van der Waals surface area contributed by atoms with Gasteiger partial charge < -0.3 is 24.7 Å². The van der Waals surface area contributed by atoms with Gasteiger partial charge in [-0.25, -0.2) is 9.97 Å². The van der Waals surface area contributed by atoms with Crippen LogP contribution in [0.3, 0.4) is 0 Å². The van der Waals surface area contributed by atoms with Crippen LogP contribution in [0.15, 0.2) is 67.1 Å². The van der Waals surface area contributed by atoms with Crippen molar-refractivity contribution < 1.29 is 27.4 Å². The first-order valence-electron chi connectivity index (χ1n) is 10.9. The average molecular weight is 502 g/mol. The lowest BCUT2D eigenvalue weighted by Crippen LogP contribution is -2.19. The molecule has 11 heteroatoms. The van der Waals surface area contributed by atoms with E-state index in [1.807, 2.05) is 37.5 Å². The van der Waals surface area contributed by atoms with Crippen LogP contribution in [0.1, 0.15) is 11.3 Å². The van der Waals surface area contributed by atoms with Gasteiger partial charge in [0.2, 0.25) is 12.3 Å². The van der Waals surface area contributed by atoms with Gasteiger partial charge in [-0.15, -0.1) is 0 Å². The normalized spacial score (nSPS) is 11.0. The highest BCUT2D eigenvalue weighted by Gasteiger charge is 2.30. The Morgan fingerprint density at radius 3 is 2.67 bits per heavy atom. The van der Waals surface area contributed by atoms with Crippen LogP contribution >= 0.6 is 0 Å². The second-order valence-corrected chi connectivity index (χ2v) is 7.61. The number of aryl methyl sites for hydroxylation is 1. The SMILES string of the molecule is COCCNCc1cc(Oc2ccc3c(ccn3C)c2)ncn1.O=CNc1cccc(C(F)(F)F)c1. The molecule has 2 aromatic heterocycles. The third-order valence-electron chi connectivity index (χ3n) is 4.98. The highest BCUT2D eigenvalue weighted by atomic mass is 19.4. The summed E-state index contributed by atoms with van der Waals surface area (Å²) >= 11 is 0. The topological polar surface area (TPSA) is 90.3 Å². The van der Waals surface area contributed by atoms with E-state index in [0.717, 1.165) is 35.5 Å². The van der Waals surface area contributed by atoms with Gasteiger partial charge in [0, 0.05) is 56.1 Å². The van der Waals surface area contributed by atoms with Gasteiger partial charge >= 0.3 is 6.18 Å². The summed E-state index contributed by atoms with van der Waals surface area (Å²) in [6.45, 7) is 2.10. The summed E-state index contributed by atoms with van der Waals surface area (Å²) in [5.41, 5.74) is 1.40. The van der Waals surface area contributed by atoms with Crippen molar-refractivity contribution in [2.45, 2.75) is 12.7 Å². The number of hydrogen-bond acceptors (Lipinski definition) is 6. The van der Waals surface area contributed by atoms with Gasteiger partial charge in [0.05, 0.1) is 17.9 Å². The van der Waals surface area contributed by atoms with Crippen LogP contribution in [0.4, 0.5) is 18.9 Å². The zero-order valence-corrected chi connectivity index (χ0v) is 19.7. The molecule has 0 radical (unpaired) electrons. The molecule has 2 N–H and O–H groups in total. The Labute approximate surface area is 206 Å². The molecule has 0 aliphatic heterocycles. The summed E-state index contributed by atoms with van der Waals surface area (Å²) in [6, 6.07) is 14.3. The van der Waals surface area contributed by atoms with E-state index in [9.17, 15) is 18.0 Å². The van der Waals surface area contributed by atoms with Crippen molar-refractivity contribution in [3.05, 3.63) is 78.4 Å². The third kappa shape index (κ3) is 7.79. The van der Waals surface area contributed by atoms with E-state index < -0.39 is 11.7 Å². The lowest BCUT2D eigenvalue weighted by molar-refractivity contribution is -0.137. The van der Waals surface area contributed by atoms with E-state index in [1.165, 1.54) is 24.0 Å². The maximum absolute atomic E-state index is 12.1. The number of ether oxygens (including phenoxy) is 2. The summed E-state index contributed by atoms with van der Waals surface area (Å²) in [6.07, 6.45) is -0.497. The maximum Gasteiger partial charge on any atom is 0.416 e. The predicted octanol–water partition coefficient (Wildman–Crippen LogP) is 4.77. The Balaban J connectivity index is 0.000000236. The number of benzene rings is 2. The average Bonchev–Trinajstić information content (AvgIpc) is 3.22. The minimum absolute atomic E-state index is 0.129. The minimum Gasteiger partial charge on any atom is -0.439 e. The highest BCUT2D eigenvalue weighted by Crippen LogP contribution is 2.30. The zero-order chi connectivity index (χ0) is 26.0. The number of halogens is 3. The van der Waals surface area contributed by atoms with Crippen molar-refractivity contribution in [3.63, 3.8) is 0 Å². The first-order valence-corrected chi connectivity index (χ1v) is 10.9. The fraction of sp³-hybridized carbons (Fsp3) is 0.240. The number of carbonyl (C=O) groups is 1. The Morgan fingerprint density at radius 1 is 1.08 bits per heavy atom. The molecule has 0 aliphatic rings. The van der Waals surface area contributed by atoms with Gasteiger partial charge in [-0.3, -0.25) is 4.79 Å². The van der Waals surface area contributed by atoms with Crippen LogP contribution in [-0.2, 0) is 29.3 Å². The van der Waals surface area contributed by atoms with Crippen LogP contribution in [0.25, 0.3) is 10.9 Å². The van der Waals surface area contributed by atoms with E-state index in [2.05, 4.69) is 31.2 Å². The maximum atomic E-state index is 12.1. The molecule has 0 saturated carbocycles. The van der Waals surface area contributed by atoms with Gasteiger partial charge in [-0.05, 0) is 42.5 Å². The molecule has 8 nitrogen and oxygen atoms in total. The standard InChI is InChI=1S/C17H20N4O2.C8H6F3NO/c1-21-7-5-13-9-15(3-4-16(13)21)23-17-10-14(19-12-20-17)11-18-6-8-22-2;9-8(10,11)6-2-1-3-7(4-6)12-5-13/h3-5,7,9-10,12,18H,6,8,11H2,1-2H3;1-5H,(H,12,13). The molecule has 1 amide bonds. The largest absolute Gasteiger partial charge is 0.439 e. The van der Waals surface area contributed by atoms with E-state index in [4.69, 9.17) is 9.47 Å². The number of aromatic nitrogens is 3. The Kier molecular flexibility index (Phi) is 9.37. The predicted molar refractivity (Wildman–Crippen MR) is 130 cm³/mol. The molecule has 190 valence electrons. The zero-order valence-electron chi connectivity index (χ0n) is 19.7. The van der Waals surface area contributed by atoms with E-state index in [-0.39, 0.29) is 5.69 Å². The molecular weight excluding hydrogens is 475 g/mol. The second-order valence-electron chi connectivity index (χ2n) is 7.61. The van der Waals surface area contributed by atoms with E-state index in [1.54, 1.807) is 7.11 Å². The quantitative estimate of drug-likeness (QED) is 0.254. The van der Waals surface area contributed by atoms with Crippen molar-refractivity contribution in [1.82, 2.24) is 19.9 Å². The van der Waals surface area contributed by atoms with Gasteiger partial charge in [-0.2, -0.15) is 13.2 Å². The number of anilines is 1. The second kappa shape index (κ2) is 12.7. The van der Waals surface area contributed by atoms with Crippen LogP contribution < -0.4 is 15.4 Å². The Morgan fingerprint density at radius 2 is 1.92 bits per heavy atom. The fourth-order valence-electron chi connectivity index (χ4n) is 3.22. The molecule has 2 aromatic carbocycles. The summed E-state index contributed by atoms with van der Waals surface area (Å²) in [4.78, 5) is 18.4. The third-order valence-corrected chi connectivity index (χ3v) is 4.98. The number of nitrogens with zero attached hydrogens (tertiary/aromatic N) is 3. The molecule has 4 rings (SSSR count). The first kappa shape index (κ1) is 26.6. The lowest BCUT2D eigenvalue weighted by atomic mass is 10.2. The van der Waals surface area contributed by atoms with E-state index >= 15 is 0 Å². The first-order chi connectivity index (χ1) is 17.3. The molecule has 0 unspecified atom stereocenters. The molecule has 36 heavy (non-hydrogen) atoms. The number of alkyl halides is 3. The number of carbonyl (C=O) groups excluding carboxylic acids is 1. The lowest BCUT2D eigenvalue weighted by Gasteiger charge is -2.07. The minimum atomic E-state index is -4.37. The molecule has 0 saturated heterocycles. The molecule has 0 fully saturated rings. The fourth-order valence-corrected chi connectivity index (χ4v) is 3.22. The van der Waals surface area contributed by atoms with Crippen molar-refractivity contribution >= 4 is 23.0 Å². The summed E-state index contributed by atoms with van der Waals surface area (Å²) in [5, 5.41) is 6.53. The van der Waals surface area contributed by atoms with Gasteiger partial charge in [0.25, 0.3) is 0 Å². The summed E-state index contributed by atoms with van der Waals surface area (Å²) in [7, 11) is 3.71. The molecule has 0 bridgehead atoms. The number of rotatable bonds is 9. The molecular formula is C25H26F3N5O3. The number of hydrogen-bond donors (Lipinski definition) is 2. The number of fused-ring (bicyclic) bond motifs is 1. The van der Waals surface area contributed by atoms with Crippen LogP contribution in [0.5, 0.6) is 11.6 Å². The van der Waals surface area contributed by atoms with Crippen molar-refractivity contribution in [2.75, 3.05) is 25.6 Å². The number of amides is 1. The van der Waals surface area contributed by atoms with Crippen molar-refractivity contribution in [2.24, 2.45) is 7.05 Å². The van der Waals surface area contributed by atoms with Crippen molar-refractivity contribution in [3.8, 4) is 11.6 Å². The van der Waals surface area contributed by atoms with Crippen molar-refractivity contribution in [1.29, 1.82) is 0 Å². The summed E-state index contributed by atoms with van der Waals surface area (Å²) < 4.78 is 49.2. The molecule has 4 aromatic rings.